The highest BCUT2D eigenvalue weighted by Gasteiger charge is 2.25. The average Bonchev–Trinajstić information content (AvgIpc) is 1.93. The number of hydrogen-bond acceptors (Lipinski definition) is 1. The van der Waals surface area contributed by atoms with Gasteiger partial charge >= 0.3 is 6.18 Å². The molecule has 1 atom stereocenters. The fourth-order valence-corrected chi connectivity index (χ4v) is 1.06. The van der Waals surface area contributed by atoms with E-state index in [4.69, 9.17) is 0 Å². The SMILES string of the molecule is CC(C)(C)S(=O)N=CCCC(F)(F)F. The molecule has 84 valence electrons. The monoisotopic (exact) mass is 229 g/mol. The van der Waals surface area contributed by atoms with Gasteiger partial charge in [0, 0.05) is 12.6 Å². The summed E-state index contributed by atoms with van der Waals surface area (Å²) in [5.41, 5.74) is 0. The molecule has 0 N–H and O–H groups in total. The van der Waals surface area contributed by atoms with Crippen molar-refractivity contribution < 1.29 is 17.4 Å². The highest BCUT2D eigenvalue weighted by Crippen LogP contribution is 2.20. The molecule has 0 heterocycles. The summed E-state index contributed by atoms with van der Waals surface area (Å²) in [6.07, 6.45) is -4.23. The topological polar surface area (TPSA) is 29.4 Å². The lowest BCUT2D eigenvalue weighted by Gasteiger charge is -2.12. The summed E-state index contributed by atoms with van der Waals surface area (Å²) in [6.45, 7) is 5.14. The second kappa shape index (κ2) is 4.91. The average molecular weight is 229 g/mol. The second-order valence-electron chi connectivity index (χ2n) is 3.80. The van der Waals surface area contributed by atoms with Crippen LogP contribution in [0.3, 0.4) is 0 Å². The van der Waals surface area contributed by atoms with Gasteiger partial charge < -0.3 is 0 Å². The highest BCUT2D eigenvalue weighted by molar-refractivity contribution is 7.85. The second-order valence-corrected chi connectivity index (χ2v) is 5.74. The van der Waals surface area contributed by atoms with Gasteiger partial charge in [-0.2, -0.15) is 17.6 Å². The van der Waals surface area contributed by atoms with Crippen molar-refractivity contribution >= 4 is 17.2 Å². The molecule has 0 radical (unpaired) electrons. The van der Waals surface area contributed by atoms with E-state index in [2.05, 4.69) is 4.40 Å². The van der Waals surface area contributed by atoms with E-state index in [1.807, 2.05) is 0 Å². The molecule has 1 unspecified atom stereocenters. The van der Waals surface area contributed by atoms with Gasteiger partial charge in [0.1, 0.15) is 11.0 Å². The molecule has 0 aromatic heterocycles. The molecule has 14 heavy (non-hydrogen) atoms. The third kappa shape index (κ3) is 7.06. The Morgan fingerprint density at radius 2 is 1.79 bits per heavy atom. The fraction of sp³-hybridized carbons (Fsp3) is 0.875. The summed E-state index contributed by atoms with van der Waals surface area (Å²) >= 11 is 0. The largest absolute Gasteiger partial charge is 0.389 e. The first-order chi connectivity index (χ1) is 6.13. The molecule has 0 saturated heterocycles. The van der Waals surface area contributed by atoms with Crippen molar-refractivity contribution in [3.8, 4) is 0 Å². The number of halogens is 3. The van der Waals surface area contributed by atoms with Gasteiger partial charge in [0.05, 0.1) is 4.75 Å². The first-order valence-electron chi connectivity index (χ1n) is 4.14. The molecule has 0 aliphatic heterocycles. The summed E-state index contributed by atoms with van der Waals surface area (Å²) < 4.78 is 49.3. The van der Waals surface area contributed by atoms with Gasteiger partial charge in [-0.15, -0.1) is 0 Å². The Balaban J connectivity index is 3.92. The molecular formula is C8H14F3NOS. The molecule has 0 aromatic carbocycles. The lowest BCUT2D eigenvalue weighted by molar-refractivity contribution is -0.132. The summed E-state index contributed by atoms with van der Waals surface area (Å²) in [4.78, 5) is 0. The van der Waals surface area contributed by atoms with E-state index in [9.17, 15) is 17.4 Å². The molecule has 0 rings (SSSR count). The number of rotatable bonds is 3. The van der Waals surface area contributed by atoms with Crippen molar-refractivity contribution in [2.75, 3.05) is 0 Å². The number of hydrogen-bond donors (Lipinski definition) is 0. The predicted octanol–water partition coefficient (Wildman–Crippen LogP) is 2.86. The molecular weight excluding hydrogens is 215 g/mol. The molecule has 2 nitrogen and oxygen atoms in total. The van der Waals surface area contributed by atoms with Crippen LogP contribution in [0.5, 0.6) is 0 Å². The smallest absolute Gasteiger partial charge is 0.234 e. The Labute approximate surface area is 84.2 Å². The van der Waals surface area contributed by atoms with Crippen LogP contribution in [0.25, 0.3) is 0 Å². The molecule has 0 bridgehead atoms. The van der Waals surface area contributed by atoms with E-state index < -0.39 is 28.3 Å². The normalized spacial score (nSPS) is 16.1. The van der Waals surface area contributed by atoms with Crippen LogP contribution in [0.4, 0.5) is 13.2 Å². The van der Waals surface area contributed by atoms with Crippen molar-refractivity contribution in [1.82, 2.24) is 0 Å². The maximum absolute atomic E-state index is 11.7. The molecule has 0 aliphatic carbocycles. The van der Waals surface area contributed by atoms with Gasteiger partial charge in [0.25, 0.3) is 0 Å². The van der Waals surface area contributed by atoms with E-state index in [0.29, 0.717) is 0 Å². The highest BCUT2D eigenvalue weighted by atomic mass is 32.2. The Hall–Kier alpha value is -0.390. The lowest BCUT2D eigenvalue weighted by atomic mass is 10.3. The first kappa shape index (κ1) is 13.6. The van der Waals surface area contributed by atoms with Crippen LogP contribution in [0.2, 0.25) is 0 Å². The van der Waals surface area contributed by atoms with E-state index in [0.717, 1.165) is 6.21 Å². The van der Waals surface area contributed by atoms with Crippen LogP contribution >= 0.6 is 0 Å². The maximum Gasteiger partial charge on any atom is 0.389 e. The van der Waals surface area contributed by atoms with Crippen molar-refractivity contribution in [3.63, 3.8) is 0 Å². The van der Waals surface area contributed by atoms with Gasteiger partial charge in [-0.25, -0.2) is 4.21 Å². The van der Waals surface area contributed by atoms with Crippen LogP contribution < -0.4 is 0 Å². The lowest BCUT2D eigenvalue weighted by Crippen LogP contribution is -2.19. The predicted molar refractivity (Wildman–Crippen MR) is 51.7 cm³/mol. The Morgan fingerprint density at radius 3 is 2.14 bits per heavy atom. The molecule has 0 aliphatic rings. The zero-order chi connectivity index (χ0) is 11.4. The van der Waals surface area contributed by atoms with Crippen molar-refractivity contribution in [2.24, 2.45) is 4.40 Å². The summed E-state index contributed by atoms with van der Waals surface area (Å²) in [7, 11) is -1.46. The zero-order valence-electron chi connectivity index (χ0n) is 8.39. The quantitative estimate of drug-likeness (QED) is 0.684. The maximum atomic E-state index is 11.7. The van der Waals surface area contributed by atoms with Crippen LogP contribution in [-0.2, 0) is 11.0 Å². The van der Waals surface area contributed by atoms with Gasteiger partial charge in [0.2, 0.25) is 0 Å². The van der Waals surface area contributed by atoms with Gasteiger partial charge in [-0.3, -0.25) is 0 Å². The van der Waals surface area contributed by atoms with Crippen molar-refractivity contribution in [1.29, 1.82) is 0 Å². The van der Waals surface area contributed by atoms with Gasteiger partial charge in [-0.05, 0) is 27.2 Å². The van der Waals surface area contributed by atoms with E-state index in [-0.39, 0.29) is 6.42 Å². The van der Waals surface area contributed by atoms with E-state index in [1.165, 1.54) is 0 Å². The van der Waals surface area contributed by atoms with E-state index >= 15 is 0 Å². The van der Waals surface area contributed by atoms with Gasteiger partial charge in [-0.1, -0.05) is 0 Å². The van der Waals surface area contributed by atoms with Crippen LogP contribution in [0, 0.1) is 0 Å². The van der Waals surface area contributed by atoms with Crippen LogP contribution in [0.1, 0.15) is 33.6 Å². The molecule has 0 amide bonds. The Bertz CT molecular complexity index is 230. The molecule has 0 saturated carbocycles. The Kier molecular flexibility index (Phi) is 4.77. The van der Waals surface area contributed by atoms with E-state index in [1.54, 1.807) is 20.8 Å². The van der Waals surface area contributed by atoms with Crippen LogP contribution in [0.15, 0.2) is 4.40 Å². The zero-order valence-corrected chi connectivity index (χ0v) is 9.21. The number of nitrogens with zero attached hydrogens (tertiary/aromatic N) is 1. The first-order valence-corrected chi connectivity index (χ1v) is 5.25. The summed E-state index contributed by atoms with van der Waals surface area (Å²) in [5, 5.41) is 0. The molecule has 0 aromatic rings. The minimum absolute atomic E-state index is 0.217. The minimum atomic E-state index is -4.17. The Morgan fingerprint density at radius 1 is 1.29 bits per heavy atom. The van der Waals surface area contributed by atoms with Crippen LogP contribution in [-0.4, -0.2) is 21.3 Å². The summed E-state index contributed by atoms with van der Waals surface area (Å²) in [6, 6.07) is 0. The standard InChI is InChI=1S/C8H14F3NOS/c1-7(2,3)14(13)12-6-4-5-8(9,10)11/h6H,4-5H2,1-3H3. The fourth-order valence-electron chi connectivity index (χ4n) is 0.507. The van der Waals surface area contributed by atoms with Crippen molar-refractivity contribution in [3.05, 3.63) is 0 Å². The molecule has 0 spiro atoms. The molecule has 6 heteroatoms. The third-order valence-electron chi connectivity index (χ3n) is 1.25. The molecule has 0 fully saturated rings. The van der Waals surface area contributed by atoms with Crippen molar-refractivity contribution in [2.45, 2.75) is 44.5 Å². The third-order valence-corrected chi connectivity index (χ3v) is 2.64. The summed E-state index contributed by atoms with van der Waals surface area (Å²) in [5.74, 6) is 0. The minimum Gasteiger partial charge on any atom is -0.234 e. The number of alkyl halides is 3. The van der Waals surface area contributed by atoms with Gasteiger partial charge in [0.15, 0.2) is 0 Å².